The molecular weight excluding hydrogens is 348 g/mol. The summed E-state index contributed by atoms with van der Waals surface area (Å²) in [4.78, 5) is 42.3. The first-order chi connectivity index (χ1) is 11.3. The van der Waals surface area contributed by atoms with E-state index in [4.69, 9.17) is 0 Å². The van der Waals surface area contributed by atoms with Gasteiger partial charge in [-0.2, -0.15) is 0 Å². The Morgan fingerprint density at radius 1 is 1.38 bits per heavy atom. The third-order valence-corrected chi connectivity index (χ3v) is 5.88. The highest BCUT2D eigenvalue weighted by Crippen LogP contribution is 2.29. The van der Waals surface area contributed by atoms with Crippen molar-refractivity contribution in [3.8, 4) is 0 Å². The minimum Gasteiger partial charge on any atom is -0.341 e. The molecule has 2 heterocycles. The molecule has 0 saturated heterocycles. The molecule has 9 heteroatoms. The second-order valence-electron chi connectivity index (χ2n) is 5.24. The van der Waals surface area contributed by atoms with Gasteiger partial charge in [0.25, 0.3) is 5.56 Å². The number of urea groups is 1. The molecule has 1 atom stereocenters. The molecule has 7 nitrogen and oxygen atoms in total. The monoisotopic (exact) mass is 368 g/mol. The molecule has 0 aliphatic carbocycles. The van der Waals surface area contributed by atoms with Crippen molar-refractivity contribution < 1.29 is 9.59 Å². The van der Waals surface area contributed by atoms with E-state index in [1.54, 1.807) is 11.5 Å². The lowest BCUT2D eigenvalue weighted by Crippen LogP contribution is -2.41. The van der Waals surface area contributed by atoms with Crippen molar-refractivity contribution in [1.29, 1.82) is 0 Å². The number of thioether (sulfide) groups is 1. The van der Waals surface area contributed by atoms with Crippen LogP contribution in [0.2, 0.25) is 0 Å². The molecule has 2 aromatic rings. The molecule has 0 radical (unpaired) electrons. The van der Waals surface area contributed by atoms with Crippen LogP contribution in [0.4, 0.5) is 4.79 Å². The van der Waals surface area contributed by atoms with Crippen LogP contribution in [0.1, 0.15) is 24.3 Å². The van der Waals surface area contributed by atoms with Crippen molar-refractivity contribution in [2.45, 2.75) is 44.6 Å². The Kier molecular flexibility index (Phi) is 5.66. The predicted molar refractivity (Wildman–Crippen MR) is 96.9 cm³/mol. The van der Waals surface area contributed by atoms with Crippen molar-refractivity contribution in [3.05, 3.63) is 20.8 Å². The van der Waals surface area contributed by atoms with Crippen molar-refractivity contribution in [2.24, 2.45) is 0 Å². The van der Waals surface area contributed by atoms with Gasteiger partial charge >= 0.3 is 6.03 Å². The molecule has 2 N–H and O–H groups in total. The number of hydrogen-bond donors (Lipinski definition) is 2. The summed E-state index contributed by atoms with van der Waals surface area (Å²) in [5.41, 5.74) is 0.863. The summed E-state index contributed by atoms with van der Waals surface area (Å²) < 4.78 is 1.57. The summed E-state index contributed by atoms with van der Waals surface area (Å²) in [6.45, 7) is 7.88. The standard InChI is InChI=1S/C15H20N4O3S2/c1-6-19-13(21)10-7(2)8(3)23-12(10)18-15(19)24-9(4)11(20)17-14(22)16-5/h9H,6H2,1-5H3,(H2,16,17,20,22)/t9-/m1/s1. The molecule has 24 heavy (non-hydrogen) atoms. The van der Waals surface area contributed by atoms with Gasteiger partial charge < -0.3 is 5.32 Å². The molecule has 0 spiro atoms. The second-order valence-corrected chi connectivity index (χ2v) is 7.75. The molecule has 3 amide bonds. The fourth-order valence-electron chi connectivity index (χ4n) is 2.17. The molecule has 0 aliphatic rings. The number of aromatic nitrogens is 2. The van der Waals surface area contributed by atoms with Gasteiger partial charge in [0.05, 0.1) is 10.6 Å². The lowest BCUT2D eigenvalue weighted by Gasteiger charge is -2.14. The third-order valence-electron chi connectivity index (χ3n) is 3.69. The number of nitrogens with zero attached hydrogens (tertiary/aromatic N) is 2. The first-order valence-corrected chi connectivity index (χ1v) is 9.19. The lowest BCUT2D eigenvalue weighted by molar-refractivity contribution is -0.119. The number of hydrogen-bond acceptors (Lipinski definition) is 6. The molecule has 2 rings (SSSR count). The van der Waals surface area contributed by atoms with Crippen LogP contribution < -0.4 is 16.2 Å². The molecule has 0 fully saturated rings. The SMILES string of the molecule is CCn1c(S[C@H](C)C(=O)NC(=O)NC)nc2sc(C)c(C)c2c1=O. The summed E-state index contributed by atoms with van der Waals surface area (Å²) in [6.07, 6.45) is 0. The Morgan fingerprint density at radius 3 is 2.62 bits per heavy atom. The second kappa shape index (κ2) is 7.35. The van der Waals surface area contributed by atoms with E-state index in [1.165, 1.54) is 30.1 Å². The van der Waals surface area contributed by atoms with Crippen LogP contribution in [-0.2, 0) is 11.3 Å². The van der Waals surface area contributed by atoms with E-state index in [2.05, 4.69) is 15.6 Å². The average Bonchev–Trinajstić information content (AvgIpc) is 2.82. The van der Waals surface area contributed by atoms with E-state index in [1.807, 2.05) is 20.8 Å². The van der Waals surface area contributed by atoms with Crippen LogP contribution in [0.25, 0.3) is 10.2 Å². The molecule has 0 aliphatic heterocycles. The van der Waals surface area contributed by atoms with Crippen molar-refractivity contribution in [3.63, 3.8) is 0 Å². The largest absolute Gasteiger partial charge is 0.341 e. The van der Waals surface area contributed by atoms with Gasteiger partial charge in [0.15, 0.2) is 5.16 Å². The Bertz CT molecular complexity index is 857. The van der Waals surface area contributed by atoms with Gasteiger partial charge in [-0.15, -0.1) is 11.3 Å². The minimum absolute atomic E-state index is 0.0919. The summed E-state index contributed by atoms with van der Waals surface area (Å²) in [5, 5.41) is 5.12. The molecule has 130 valence electrons. The molecule has 2 aromatic heterocycles. The van der Waals surface area contributed by atoms with Crippen LogP contribution in [0.5, 0.6) is 0 Å². The van der Waals surface area contributed by atoms with E-state index >= 15 is 0 Å². The number of nitrogens with one attached hydrogen (secondary N) is 2. The molecule has 0 aromatic carbocycles. The quantitative estimate of drug-likeness (QED) is 0.636. The maximum absolute atomic E-state index is 12.7. The van der Waals surface area contributed by atoms with E-state index in [0.717, 1.165) is 10.4 Å². The summed E-state index contributed by atoms with van der Waals surface area (Å²) in [7, 11) is 1.44. The first-order valence-electron chi connectivity index (χ1n) is 7.49. The van der Waals surface area contributed by atoms with Crippen LogP contribution in [0, 0.1) is 13.8 Å². The zero-order chi connectivity index (χ0) is 18.0. The lowest BCUT2D eigenvalue weighted by atomic mass is 10.2. The highest BCUT2D eigenvalue weighted by atomic mass is 32.2. The maximum atomic E-state index is 12.7. The summed E-state index contributed by atoms with van der Waals surface area (Å²) >= 11 is 2.64. The smallest absolute Gasteiger partial charge is 0.321 e. The van der Waals surface area contributed by atoms with Gasteiger partial charge in [0.1, 0.15) is 4.83 Å². The number of rotatable bonds is 4. The Balaban J connectivity index is 2.40. The topological polar surface area (TPSA) is 93.1 Å². The van der Waals surface area contributed by atoms with Crippen LogP contribution in [-0.4, -0.2) is 33.8 Å². The van der Waals surface area contributed by atoms with Gasteiger partial charge in [-0.05, 0) is 33.3 Å². The molecule has 0 bridgehead atoms. The molecular formula is C15H20N4O3S2. The van der Waals surface area contributed by atoms with E-state index in [-0.39, 0.29) is 5.56 Å². The highest BCUT2D eigenvalue weighted by molar-refractivity contribution is 8.00. The van der Waals surface area contributed by atoms with E-state index < -0.39 is 17.2 Å². The zero-order valence-corrected chi connectivity index (χ0v) is 15.9. The van der Waals surface area contributed by atoms with Gasteiger partial charge in [-0.25, -0.2) is 9.78 Å². The summed E-state index contributed by atoms with van der Waals surface area (Å²) in [5.74, 6) is -0.435. The fraction of sp³-hybridized carbons (Fsp3) is 0.467. The first kappa shape index (κ1) is 18.5. The van der Waals surface area contributed by atoms with Crippen molar-refractivity contribution in [1.82, 2.24) is 20.2 Å². The van der Waals surface area contributed by atoms with Gasteiger partial charge in [-0.3, -0.25) is 19.5 Å². The third kappa shape index (κ3) is 3.46. The Hall–Kier alpha value is -1.87. The van der Waals surface area contributed by atoms with Gasteiger partial charge in [0, 0.05) is 18.5 Å². The Labute approximate surface area is 147 Å². The number of imide groups is 1. The maximum Gasteiger partial charge on any atom is 0.321 e. The number of carbonyl (C=O) groups excluding carboxylic acids is 2. The number of thiophene rings is 1. The van der Waals surface area contributed by atoms with Crippen LogP contribution in [0.3, 0.4) is 0 Å². The Morgan fingerprint density at radius 2 is 2.04 bits per heavy atom. The number of fused-ring (bicyclic) bond motifs is 1. The average molecular weight is 368 g/mol. The summed E-state index contributed by atoms with van der Waals surface area (Å²) in [6, 6.07) is -0.562. The van der Waals surface area contributed by atoms with Crippen LogP contribution in [0.15, 0.2) is 9.95 Å². The highest BCUT2D eigenvalue weighted by Gasteiger charge is 2.21. The van der Waals surface area contributed by atoms with E-state index in [0.29, 0.717) is 21.9 Å². The number of carbonyl (C=O) groups is 2. The number of amides is 3. The van der Waals surface area contributed by atoms with Crippen molar-refractivity contribution in [2.75, 3.05) is 7.05 Å². The normalized spacial score (nSPS) is 12.2. The van der Waals surface area contributed by atoms with Gasteiger partial charge in [-0.1, -0.05) is 11.8 Å². The van der Waals surface area contributed by atoms with Crippen LogP contribution >= 0.6 is 23.1 Å². The molecule has 0 saturated carbocycles. The molecule has 0 unspecified atom stereocenters. The fourth-order valence-corrected chi connectivity index (χ4v) is 4.21. The van der Waals surface area contributed by atoms with E-state index in [9.17, 15) is 14.4 Å². The predicted octanol–water partition coefficient (Wildman–Crippen LogP) is 2.03. The minimum atomic E-state index is -0.563. The van der Waals surface area contributed by atoms with Gasteiger partial charge in [0.2, 0.25) is 5.91 Å². The zero-order valence-electron chi connectivity index (χ0n) is 14.2. The van der Waals surface area contributed by atoms with Crippen molar-refractivity contribution >= 4 is 45.3 Å². The number of aryl methyl sites for hydroxylation is 2.